The number of rotatable bonds is 3. The van der Waals surface area contributed by atoms with Gasteiger partial charge in [-0.05, 0) is 25.5 Å². The molecular formula is C11H13Cl2NO4S2. The molecule has 0 amide bonds. The third-order valence-electron chi connectivity index (χ3n) is 3.09. The monoisotopic (exact) mass is 357 g/mol. The number of nitrogens with one attached hydrogen (secondary N) is 1. The average Bonchev–Trinajstić information content (AvgIpc) is 2.55. The topological polar surface area (TPSA) is 80.3 Å². The number of hydrogen-bond donors (Lipinski definition) is 1. The number of halogens is 2. The van der Waals surface area contributed by atoms with Crippen molar-refractivity contribution in [1.82, 2.24) is 4.72 Å². The Bertz CT molecular complexity index is 746. The van der Waals surface area contributed by atoms with Gasteiger partial charge >= 0.3 is 0 Å². The first-order valence-corrected chi connectivity index (χ1v) is 9.79. The van der Waals surface area contributed by atoms with Gasteiger partial charge in [0.2, 0.25) is 10.0 Å². The van der Waals surface area contributed by atoms with Gasteiger partial charge in [0.25, 0.3) is 0 Å². The molecule has 0 spiro atoms. The molecule has 1 heterocycles. The van der Waals surface area contributed by atoms with Crippen LogP contribution in [0.2, 0.25) is 10.0 Å². The molecule has 0 aliphatic carbocycles. The Hall–Kier alpha value is -0.340. The van der Waals surface area contributed by atoms with Crippen LogP contribution in [0.5, 0.6) is 0 Å². The van der Waals surface area contributed by atoms with Crippen molar-refractivity contribution in [3.63, 3.8) is 0 Å². The molecular weight excluding hydrogens is 345 g/mol. The summed E-state index contributed by atoms with van der Waals surface area (Å²) in [6.45, 7) is 1.56. The second kappa shape index (κ2) is 5.14. The van der Waals surface area contributed by atoms with E-state index in [9.17, 15) is 16.8 Å². The first-order chi connectivity index (χ1) is 9.05. The lowest BCUT2D eigenvalue weighted by Gasteiger charge is -2.23. The van der Waals surface area contributed by atoms with E-state index in [1.165, 1.54) is 18.2 Å². The van der Waals surface area contributed by atoms with Gasteiger partial charge in [-0.3, -0.25) is 0 Å². The Balaban J connectivity index is 2.36. The Morgan fingerprint density at radius 3 is 2.50 bits per heavy atom. The molecule has 0 aromatic heterocycles. The van der Waals surface area contributed by atoms with Crippen LogP contribution >= 0.6 is 23.2 Å². The molecule has 1 fully saturated rings. The van der Waals surface area contributed by atoms with Gasteiger partial charge in [0.1, 0.15) is 4.90 Å². The molecule has 1 atom stereocenters. The Morgan fingerprint density at radius 2 is 1.95 bits per heavy atom. The first-order valence-electron chi connectivity index (χ1n) is 5.73. The van der Waals surface area contributed by atoms with E-state index < -0.39 is 25.4 Å². The Morgan fingerprint density at radius 1 is 1.30 bits per heavy atom. The van der Waals surface area contributed by atoms with Crippen LogP contribution < -0.4 is 4.72 Å². The fraction of sp³-hybridized carbons (Fsp3) is 0.455. The third kappa shape index (κ3) is 3.28. The van der Waals surface area contributed by atoms with Crippen molar-refractivity contribution in [3.05, 3.63) is 28.2 Å². The lowest BCUT2D eigenvalue weighted by Crippen LogP contribution is -2.46. The van der Waals surface area contributed by atoms with Gasteiger partial charge in [-0.2, -0.15) is 0 Å². The largest absolute Gasteiger partial charge is 0.242 e. The van der Waals surface area contributed by atoms with Crippen LogP contribution in [0.15, 0.2) is 23.1 Å². The van der Waals surface area contributed by atoms with E-state index in [0.29, 0.717) is 0 Å². The summed E-state index contributed by atoms with van der Waals surface area (Å²) >= 11 is 11.7. The Kier molecular flexibility index (Phi) is 4.12. The zero-order chi connectivity index (χ0) is 15.2. The summed E-state index contributed by atoms with van der Waals surface area (Å²) in [4.78, 5) is -0.155. The maximum absolute atomic E-state index is 12.3. The second-order valence-electron chi connectivity index (χ2n) is 5.06. The fourth-order valence-corrected chi connectivity index (χ4v) is 6.54. The first kappa shape index (κ1) is 16.0. The standard InChI is InChI=1S/C11H13Cl2NO4S2/c1-11(5-6-19(15,16)7-11)14-20(17,18)9-4-2-3-8(12)10(9)13/h2-4,14H,5-7H2,1H3. The minimum atomic E-state index is -3.94. The summed E-state index contributed by atoms with van der Waals surface area (Å²) in [5.74, 6) is -0.257. The lowest BCUT2D eigenvalue weighted by atomic mass is 10.0. The molecule has 1 aromatic carbocycles. The highest BCUT2D eigenvalue weighted by Crippen LogP contribution is 2.31. The molecule has 2 rings (SSSR count). The van der Waals surface area contributed by atoms with Gasteiger partial charge in [0.05, 0.1) is 21.6 Å². The van der Waals surface area contributed by atoms with Gasteiger partial charge in [-0.25, -0.2) is 21.6 Å². The van der Waals surface area contributed by atoms with Gasteiger partial charge in [0.15, 0.2) is 9.84 Å². The zero-order valence-electron chi connectivity index (χ0n) is 10.6. The number of sulfonamides is 1. The molecule has 20 heavy (non-hydrogen) atoms. The smallest absolute Gasteiger partial charge is 0.229 e. The summed E-state index contributed by atoms with van der Waals surface area (Å²) in [6, 6.07) is 4.27. The number of hydrogen-bond acceptors (Lipinski definition) is 4. The highest BCUT2D eigenvalue weighted by atomic mass is 35.5. The van der Waals surface area contributed by atoms with E-state index >= 15 is 0 Å². The Labute approximate surface area is 128 Å². The lowest BCUT2D eigenvalue weighted by molar-refractivity contribution is 0.462. The van der Waals surface area contributed by atoms with Gasteiger partial charge in [-0.15, -0.1) is 0 Å². The maximum atomic E-state index is 12.3. The molecule has 1 unspecified atom stereocenters. The maximum Gasteiger partial charge on any atom is 0.242 e. The van der Waals surface area contributed by atoms with Crippen LogP contribution in [0.25, 0.3) is 0 Å². The van der Waals surface area contributed by atoms with Crippen LogP contribution in [0, 0.1) is 0 Å². The van der Waals surface area contributed by atoms with Gasteiger partial charge in [0, 0.05) is 5.54 Å². The minimum absolute atomic E-state index is 0.0324. The predicted octanol–water partition coefficient (Wildman–Crippen LogP) is 1.85. The van der Waals surface area contributed by atoms with Crippen molar-refractivity contribution in [2.75, 3.05) is 11.5 Å². The van der Waals surface area contributed by atoms with Crippen LogP contribution in [-0.4, -0.2) is 33.9 Å². The molecule has 1 aliphatic heterocycles. The molecule has 5 nitrogen and oxygen atoms in total. The highest BCUT2D eigenvalue weighted by Gasteiger charge is 2.41. The molecule has 0 saturated carbocycles. The SMILES string of the molecule is CC1(NS(=O)(=O)c2cccc(Cl)c2Cl)CCS(=O)(=O)C1. The zero-order valence-corrected chi connectivity index (χ0v) is 13.7. The second-order valence-corrected chi connectivity index (χ2v) is 9.68. The van der Waals surface area contributed by atoms with Crippen molar-refractivity contribution in [2.45, 2.75) is 23.8 Å². The molecule has 9 heteroatoms. The van der Waals surface area contributed by atoms with E-state index in [1.807, 2.05) is 0 Å². The van der Waals surface area contributed by atoms with Crippen molar-refractivity contribution in [2.24, 2.45) is 0 Å². The number of sulfone groups is 1. The van der Waals surface area contributed by atoms with Crippen molar-refractivity contribution in [1.29, 1.82) is 0 Å². The van der Waals surface area contributed by atoms with E-state index in [-0.39, 0.29) is 32.9 Å². The van der Waals surface area contributed by atoms with Crippen LogP contribution in [-0.2, 0) is 19.9 Å². The minimum Gasteiger partial charge on any atom is -0.229 e. The normalized spacial score (nSPS) is 25.8. The fourth-order valence-electron chi connectivity index (χ4n) is 2.16. The van der Waals surface area contributed by atoms with Crippen molar-refractivity contribution in [3.8, 4) is 0 Å². The van der Waals surface area contributed by atoms with Gasteiger partial charge < -0.3 is 0 Å². The van der Waals surface area contributed by atoms with E-state index in [2.05, 4.69) is 4.72 Å². The van der Waals surface area contributed by atoms with E-state index in [4.69, 9.17) is 23.2 Å². The summed E-state index contributed by atoms with van der Waals surface area (Å²) in [7, 11) is -7.15. The van der Waals surface area contributed by atoms with Crippen molar-refractivity contribution < 1.29 is 16.8 Å². The molecule has 1 aromatic rings. The van der Waals surface area contributed by atoms with E-state index in [0.717, 1.165) is 0 Å². The van der Waals surface area contributed by atoms with E-state index in [1.54, 1.807) is 6.92 Å². The average molecular weight is 358 g/mol. The number of benzene rings is 1. The van der Waals surface area contributed by atoms with Gasteiger partial charge in [-0.1, -0.05) is 29.3 Å². The summed E-state index contributed by atoms with van der Waals surface area (Å²) < 4.78 is 50.1. The molecule has 0 radical (unpaired) electrons. The van der Waals surface area contributed by atoms with Crippen LogP contribution in [0.3, 0.4) is 0 Å². The molecule has 1 N–H and O–H groups in total. The summed E-state index contributed by atoms with van der Waals surface area (Å²) in [5.41, 5.74) is -1.02. The molecule has 1 aliphatic rings. The molecule has 0 bridgehead atoms. The predicted molar refractivity (Wildman–Crippen MR) is 78.5 cm³/mol. The summed E-state index contributed by atoms with van der Waals surface area (Å²) in [6.07, 6.45) is 0.229. The molecule has 112 valence electrons. The molecule has 1 saturated heterocycles. The van der Waals surface area contributed by atoms with Crippen LogP contribution in [0.4, 0.5) is 0 Å². The highest BCUT2D eigenvalue weighted by molar-refractivity contribution is 7.92. The van der Waals surface area contributed by atoms with Crippen LogP contribution in [0.1, 0.15) is 13.3 Å². The quantitative estimate of drug-likeness (QED) is 0.894. The van der Waals surface area contributed by atoms with Crippen molar-refractivity contribution >= 4 is 43.1 Å². The third-order valence-corrected chi connectivity index (χ3v) is 7.60. The summed E-state index contributed by atoms with van der Waals surface area (Å²) in [5, 5.41) is 0.0462.